The lowest BCUT2D eigenvalue weighted by molar-refractivity contribution is 0.119. The Kier molecular flexibility index (Phi) is 7.84. The van der Waals surface area contributed by atoms with Crippen LogP contribution in [0, 0.1) is 0 Å². The Hall–Kier alpha value is -3.35. The molecule has 5 nitrogen and oxygen atoms in total. The minimum atomic E-state index is 0.641. The third-order valence-electron chi connectivity index (χ3n) is 6.56. The molecule has 0 spiro atoms. The number of fused-ring (bicyclic) bond motifs is 3. The van der Waals surface area contributed by atoms with Gasteiger partial charge < -0.3 is 18.9 Å². The van der Waals surface area contributed by atoms with Gasteiger partial charge in [-0.05, 0) is 65.6 Å². The highest BCUT2D eigenvalue weighted by molar-refractivity contribution is 7.13. The third-order valence-corrected chi connectivity index (χ3v) is 7.52. The van der Waals surface area contributed by atoms with Gasteiger partial charge in [-0.25, -0.2) is 4.98 Å². The normalized spacial score (nSPS) is 13.4. The van der Waals surface area contributed by atoms with Crippen LogP contribution in [0.1, 0.15) is 35.2 Å². The van der Waals surface area contributed by atoms with Crippen LogP contribution in [0.3, 0.4) is 0 Å². The summed E-state index contributed by atoms with van der Waals surface area (Å²) in [7, 11) is 3.85. The topological polar surface area (TPSA) is 39.5 Å². The second-order valence-corrected chi connectivity index (χ2v) is 10.00. The molecular weight excluding hydrogens is 466 g/mol. The number of rotatable bonds is 10. The molecule has 5 rings (SSSR count). The first-order valence-corrected chi connectivity index (χ1v) is 13.4. The highest BCUT2D eigenvalue weighted by Gasteiger charge is 2.23. The number of aryl methyl sites for hydroxylation is 1. The van der Waals surface area contributed by atoms with E-state index in [1.165, 1.54) is 27.3 Å². The summed E-state index contributed by atoms with van der Waals surface area (Å²) in [5.74, 6) is 1.86. The molecule has 0 radical (unpaired) electrons. The second-order valence-electron chi connectivity index (χ2n) is 9.08. The zero-order valence-corrected chi connectivity index (χ0v) is 21.8. The van der Waals surface area contributed by atoms with Gasteiger partial charge in [0.05, 0.1) is 30.0 Å². The fourth-order valence-electron chi connectivity index (χ4n) is 4.67. The van der Waals surface area contributed by atoms with Crippen LogP contribution < -0.4 is 9.64 Å². The van der Waals surface area contributed by atoms with E-state index in [9.17, 15) is 0 Å². The number of benzene rings is 2. The molecule has 0 atom stereocenters. The van der Waals surface area contributed by atoms with Gasteiger partial charge in [0.25, 0.3) is 0 Å². The summed E-state index contributed by atoms with van der Waals surface area (Å²) in [5, 5.41) is 2.20. The van der Waals surface area contributed by atoms with Crippen LogP contribution in [0.15, 0.2) is 72.1 Å². The van der Waals surface area contributed by atoms with E-state index in [0.29, 0.717) is 13.2 Å². The highest BCUT2D eigenvalue weighted by atomic mass is 32.1. The summed E-state index contributed by atoms with van der Waals surface area (Å²) in [6, 6.07) is 20.9. The first kappa shape index (κ1) is 24.3. The molecule has 0 N–H and O–H groups in total. The first-order valence-electron chi connectivity index (χ1n) is 12.5. The Balaban J connectivity index is 1.37. The molecule has 0 saturated carbocycles. The number of ether oxygens (including phenoxy) is 2. The maximum atomic E-state index is 5.99. The van der Waals surface area contributed by atoms with Gasteiger partial charge in [-0.15, -0.1) is 11.3 Å². The van der Waals surface area contributed by atoms with Crippen molar-refractivity contribution in [2.75, 3.05) is 25.2 Å². The van der Waals surface area contributed by atoms with Gasteiger partial charge in [-0.1, -0.05) is 48.5 Å². The molecule has 2 aromatic carbocycles. The molecule has 0 fully saturated rings. The van der Waals surface area contributed by atoms with Gasteiger partial charge in [-0.2, -0.15) is 0 Å². The number of hydrogen-bond donors (Lipinski definition) is 0. The Morgan fingerprint density at radius 1 is 1.03 bits per heavy atom. The number of aromatic nitrogens is 2. The maximum Gasteiger partial charge on any atom is 0.206 e. The molecule has 2 aromatic heterocycles. The summed E-state index contributed by atoms with van der Waals surface area (Å²) in [6.45, 7) is 2.97. The quantitative estimate of drug-likeness (QED) is 0.227. The summed E-state index contributed by atoms with van der Waals surface area (Å²) >= 11 is 1.81. The predicted molar refractivity (Wildman–Crippen MR) is 149 cm³/mol. The Morgan fingerprint density at radius 2 is 1.86 bits per heavy atom. The number of hydrogen-bond acceptors (Lipinski definition) is 5. The number of imidazole rings is 1. The van der Waals surface area contributed by atoms with Crippen molar-refractivity contribution in [2.24, 2.45) is 7.05 Å². The molecule has 6 heteroatoms. The molecule has 2 heterocycles. The van der Waals surface area contributed by atoms with Crippen LogP contribution in [-0.2, 0) is 31.4 Å². The maximum absolute atomic E-state index is 5.99. The largest absolute Gasteiger partial charge is 0.497 e. The lowest BCUT2D eigenvalue weighted by atomic mass is 10.1. The molecular formula is C30H33N3O2S. The van der Waals surface area contributed by atoms with E-state index in [4.69, 9.17) is 14.5 Å². The van der Waals surface area contributed by atoms with Crippen molar-refractivity contribution in [1.82, 2.24) is 9.55 Å². The number of anilines is 1. The molecule has 4 aromatic rings. The average Bonchev–Trinajstić information content (AvgIpc) is 3.48. The molecule has 0 bridgehead atoms. The van der Waals surface area contributed by atoms with Gasteiger partial charge in [-0.3, -0.25) is 0 Å². The molecule has 0 amide bonds. The van der Waals surface area contributed by atoms with Gasteiger partial charge >= 0.3 is 0 Å². The Bertz CT molecular complexity index is 1290. The SMILES string of the molecule is COc1ccc(CN(CCCOCc2ccccc2)c2nc3c(n2C)-c2sccc2CC/C=C\3)cc1. The van der Waals surface area contributed by atoms with Crippen molar-refractivity contribution < 1.29 is 9.47 Å². The van der Waals surface area contributed by atoms with Gasteiger partial charge in [0.15, 0.2) is 0 Å². The van der Waals surface area contributed by atoms with E-state index in [1.807, 2.05) is 29.5 Å². The van der Waals surface area contributed by atoms with Crippen molar-refractivity contribution >= 4 is 23.4 Å². The monoisotopic (exact) mass is 499 g/mol. The van der Waals surface area contributed by atoms with Crippen LogP contribution in [0.5, 0.6) is 5.75 Å². The minimum absolute atomic E-state index is 0.641. The summed E-state index contributed by atoms with van der Waals surface area (Å²) in [4.78, 5) is 8.86. The van der Waals surface area contributed by atoms with Crippen molar-refractivity contribution in [1.29, 1.82) is 0 Å². The molecule has 1 aliphatic carbocycles. The number of thiophene rings is 1. The van der Waals surface area contributed by atoms with Crippen LogP contribution >= 0.6 is 11.3 Å². The third kappa shape index (κ3) is 5.55. The van der Waals surface area contributed by atoms with E-state index in [1.54, 1.807) is 7.11 Å². The molecule has 186 valence electrons. The van der Waals surface area contributed by atoms with E-state index in [0.717, 1.165) is 49.7 Å². The Labute approximate surface area is 217 Å². The molecule has 36 heavy (non-hydrogen) atoms. The molecule has 0 aliphatic heterocycles. The standard InChI is InChI=1S/C30H33N3O2S/c1-32-28-27(12-7-6-11-25-17-20-36-29(25)28)31-30(32)33(21-23-13-15-26(34-2)16-14-23)18-8-19-35-22-24-9-4-3-5-10-24/h3-5,7,9-10,12-17,20H,6,8,11,18-19,21-22H2,1-2H3/b12-7-. The van der Waals surface area contributed by atoms with E-state index >= 15 is 0 Å². The fraction of sp³-hybridized carbons (Fsp3) is 0.300. The van der Waals surface area contributed by atoms with Crippen LogP contribution in [-0.4, -0.2) is 29.8 Å². The molecule has 1 aliphatic rings. The number of allylic oxidation sites excluding steroid dienone is 1. The van der Waals surface area contributed by atoms with E-state index in [-0.39, 0.29) is 0 Å². The molecule has 0 unspecified atom stereocenters. The average molecular weight is 500 g/mol. The van der Waals surface area contributed by atoms with Gasteiger partial charge in [0.2, 0.25) is 5.95 Å². The van der Waals surface area contributed by atoms with Crippen molar-refractivity contribution in [3.05, 3.63) is 94.5 Å². The van der Waals surface area contributed by atoms with Crippen LogP contribution in [0.25, 0.3) is 16.6 Å². The Morgan fingerprint density at radius 3 is 2.67 bits per heavy atom. The van der Waals surface area contributed by atoms with E-state index < -0.39 is 0 Å². The summed E-state index contributed by atoms with van der Waals surface area (Å²) in [5.41, 5.74) is 6.11. The smallest absolute Gasteiger partial charge is 0.206 e. The number of methoxy groups -OCH3 is 1. The lowest BCUT2D eigenvalue weighted by Gasteiger charge is -2.24. The van der Waals surface area contributed by atoms with Crippen molar-refractivity contribution in [3.8, 4) is 16.3 Å². The minimum Gasteiger partial charge on any atom is -0.497 e. The highest BCUT2D eigenvalue weighted by Crippen LogP contribution is 2.37. The number of nitrogens with zero attached hydrogens (tertiary/aromatic N) is 3. The fourth-order valence-corrected chi connectivity index (χ4v) is 5.72. The van der Waals surface area contributed by atoms with Crippen molar-refractivity contribution in [3.63, 3.8) is 0 Å². The van der Waals surface area contributed by atoms with E-state index in [2.05, 4.69) is 76.5 Å². The summed E-state index contributed by atoms with van der Waals surface area (Å²) in [6.07, 6.45) is 7.48. The second kappa shape index (κ2) is 11.6. The lowest BCUT2D eigenvalue weighted by Crippen LogP contribution is -2.27. The summed E-state index contributed by atoms with van der Waals surface area (Å²) < 4.78 is 13.6. The van der Waals surface area contributed by atoms with Gasteiger partial charge in [0, 0.05) is 26.7 Å². The van der Waals surface area contributed by atoms with Crippen molar-refractivity contribution in [2.45, 2.75) is 32.4 Å². The van der Waals surface area contributed by atoms with Gasteiger partial charge in [0.1, 0.15) is 5.75 Å². The zero-order chi connectivity index (χ0) is 24.7. The molecule has 0 saturated heterocycles. The first-order chi connectivity index (χ1) is 17.7. The van der Waals surface area contributed by atoms with Crippen LogP contribution in [0.2, 0.25) is 0 Å². The van der Waals surface area contributed by atoms with Crippen LogP contribution in [0.4, 0.5) is 5.95 Å². The predicted octanol–water partition coefficient (Wildman–Crippen LogP) is 6.73. The zero-order valence-electron chi connectivity index (χ0n) is 21.0.